The van der Waals surface area contributed by atoms with Crippen molar-refractivity contribution in [3.8, 4) is 22.6 Å². The molecule has 2 aromatic carbocycles. The van der Waals surface area contributed by atoms with Crippen LogP contribution in [0.2, 0.25) is 5.02 Å². The highest BCUT2D eigenvalue weighted by Crippen LogP contribution is 2.38. The average Bonchev–Trinajstić information content (AvgIpc) is 3.29. The van der Waals surface area contributed by atoms with E-state index in [2.05, 4.69) is 14.7 Å². The van der Waals surface area contributed by atoms with Crippen molar-refractivity contribution in [1.29, 1.82) is 0 Å². The molecule has 0 atom stereocenters. The molecule has 0 amide bonds. The van der Waals surface area contributed by atoms with E-state index in [1.165, 1.54) is 46.6 Å². The molecule has 2 heterocycles. The molecule has 2 aromatic heterocycles. The van der Waals surface area contributed by atoms with Gasteiger partial charge in [0.2, 0.25) is 0 Å². The number of hydrogen-bond donors (Lipinski definition) is 3. The van der Waals surface area contributed by atoms with Gasteiger partial charge in [-0.3, -0.25) is 9.52 Å². The van der Waals surface area contributed by atoms with Crippen LogP contribution in [0.15, 0.2) is 64.4 Å². The number of nitrogens with two attached hydrogens (primary N) is 1. The molecule has 0 fully saturated rings. The molecule has 0 aliphatic carbocycles. The Morgan fingerprint density at radius 1 is 1.14 bits per heavy atom. The molecule has 0 radical (unpaired) electrons. The van der Waals surface area contributed by atoms with Crippen LogP contribution in [0, 0.1) is 11.6 Å². The Kier molecular flexibility index (Phi) is 8.40. The highest BCUT2D eigenvalue weighted by molar-refractivity contribution is 7.92. The van der Waals surface area contributed by atoms with Crippen LogP contribution in [0.3, 0.4) is 0 Å². The van der Waals surface area contributed by atoms with Crippen molar-refractivity contribution >= 4 is 50.6 Å². The lowest BCUT2D eigenvalue weighted by molar-refractivity contribution is -0.134. The van der Waals surface area contributed by atoms with Crippen LogP contribution in [0.1, 0.15) is 6.92 Å². The summed E-state index contributed by atoms with van der Waals surface area (Å²) in [4.78, 5) is 16.0. The zero-order valence-corrected chi connectivity index (χ0v) is 20.7. The van der Waals surface area contributed by atoms with Gasteiger partial charge in [-0.2, -0.15) is 0 Å². The van der Waals surface area contributed by atoms with E-state index in [1.807, 2.05) is 0 Å². The fourth-order valence-electron chi connectivity index (χ4n) is 2.80. The molecule has 0 saturated carbocycles. The summed E-state index contributed by atoms with van der Waals surface area (Å²) in [6, 6.07) is 8.59. The molecule has 9 nitrogen and oxygen atoms in total. The quantitative estimate of drug-likeness (QED) is 0.287. The van der Waals surface area contributed by atoms with Gasteiger partial charge >= 0.3 is 0 Å². The zero-order chi connectivity index (χ0) is 26.5. The Balaban J connectivity index is 0.000000840. The van der Waals surface area contributed by atoms with Crippen molar-refractivity contribution in [2.24, 2.45) is 0 Å². The number of aliphatic carboxylic acids is 1. The number of benzene rings is 2. The van der Waals surface area contributed by atoms with Gasteiger partial charge in [0.25, 0.3) is 16.0 Å². The predicted octanol–water partition coefficient (Wildman–Crippen LogP) is 5.40. The molecule has 0 bridgehead atoms. The van der Waals surface area contributed by atoms with Gasteiger partial charge in [-0.1, -0.05) is 11.6 Å². The summed E-state index contributed by atoms with van der Waals surface area (Å²) >= 11 is 7.36. The maximum absolute atomic E-state index is 14.7. The van der Waals surface area contributed by atoms with Crippen molar-refractivity contribution < 1.29 is 31.8 Å². The van der Waals surface area contributed by atoms with Crippen LogP contribution in [0.25, 0.3) is 11.1 Å². The second-order valence-electron chi connectivity index (χ2n) is 6.92. The lowest BCUT2D eigenvalue weighted by atomic mass is 10.1. The molecule has 4 aromatic rings. The molecular formula is C22H17ClF2N4O5S2. The van der Waals surface area contributed by atoms with Crippen molar-refractivity contribution in [2.75, 3.05) is 10.5 Å². The minimum absolute atomic E-state index is 0.0541. The van der Waals surface area contributed by atoms with E-state index in [0.29, 0.717) is 11.1 Å². The highest BCUT2D eigenvalue weighted by atomic mass is 35.5. The zero-order valence-electron chi connectivity index (χ0n) is 18.3. The van der Waals surface area contributed by atoms with Crippen LogP contribution in [-0.2, 0) is 14.8 Å². The van der Waals surface area contributed by atoms with Gasteiger partial charge in [-0.25, -0.2) is 27.2 Å². The first-order chi connectivity index (χ1) is 17.0. The summed E-state index contributed by atoms with van der Waals surface area (Å²) in [5, 5.41) is 8.70. The fourth-order valence-corrected chi connectivity index (χ4v) is 4.71. The Labute approximate surface area is 213 Å². The van der Waals surface area contributed by atoms with Gasteiger partial charge in [0.15, 0.2) is 5.82 Å². The van der Waals surface area contributed by atoms with Gasteiger partial charge in [0.05, 0.1) is 10.5 Å². The molecule has 0 aliphatic heterocycles. The smallest absolute Gasteiger partial charge is 0.300 e. The molecular weight excluding hydrogens is 538 g/mol. The van der Waals surface area contributed by atoms with Gasteiger partial charge in [-0.15, -0.1) is 11.3 Å². The summed E-state index contributed by atoms with van der Waals surface area (Å²) in [5.41, 5.74) is 7.96. The van der Waals surface area contributed by atoms with Crippen molar-refractivity contribution in [2.45, 2.75) is 11.8 Å². The van der Waals surface area contributed by atoms with Crippen LogP contribution >= 0.6 is 22.9 Å². The molecule has 4 N–H and O–H groups in total. The second-order valence-corrected chi connectivity index (χ2v) is 9.70. The number of aromatic nitrogens is 2. The number of sulfonamides is 1. The Morgan fingerprint density at radius 2 is 1.86 bits per heavy atom. The number of nitrogen functional groups attached to an aromatic ring is 1. The van der Waals surface area contributed by atoms with Crippen LogP contribution in [0.4, 0.5) is 20.4 Å². The lowest BCUT2D eigenvalue weighted by Crippen LogP contribution is -2.15. The summed E-state index contributed by atoms with van der Waals surface area (Å²) in [5.74, 6) is -2.21. The summed E-state index contributed by atoms with van der Waals surface area (Å²) in [6.45, 7) is 1.08. The minimum atomic E-state index is -4.28. The molecule has 0 unspecified atom stereocenters. The van der Waals surface area contributed by atoms with E-state index >= 15 is 0 Å². The summed E-state index contributed by atoms with van der Waals surface area (Å²) in [6.07, 6.45) is 1.45. The van der Waals surface area contributed by atoms with Crippen molar-refractivity contribution in [1.82, 2.24) is 9.97 Å². The fraction of sp³-hybridized carbons (Fsp3) is 0.0455. The number of rotatable bonds is 6. The van der Waals surface area contributed by atoms with Crippen LogP contribution in [-0.4, -0.2) is 29.5 Å². The third kappa shape index (κ3) is 6.87. The Morgan fingerprint density at radius 3 is 2.50 bits per heavy atom. The summed E-state index contributed by atoms with van der Waals surface area (Å²) < 4.78 is 61.5. The first kappa shape index (κ1) is 26.8. The normalized spacial score (nSPS) is 10.8. The van der Waals surface area contributed by atoms with Gasteiger partial charge in [-0.05, 0) is 42.0 Å². The predicted molar refractivity (Wildman–Crippen MR) is 132 cm³/mol. The van der Waals surface area contributed by atoms with E-state index in [9.17, 15) is 17.2 Å². The number of nitrogens with zero attached hydrogens (tertiary/aromatic N) is 2. The number of carbonyl (C=O) groups is 1. The molecule has 0 saturated heterocycles. The number of carboxylic acids is 1. The van der Waals surface area contributed by atoms with Gasteiger partial charge < -0.3 is 15.6 Å². The second kappa shape index (κ2) is 11.3. The number of thiazole rings is 1. The Hall–Kier alpha value is -3.81. The van der Waals surface area contributed by atoms with Gasteiger partial charge in [0.1, 0.15) is 33.8 Å². The maximum atomic E-state index is 14.7. The van der Waals surface area contributed by atoms with E-state index in [-0.39, 0.29) is 28.2 Å². The number of carboxylic acid groups (broad SMARTS) is 1. The standard InChI is InChI=1S/C20H13ClF2N4O3S2.C2H4O2/c21-14-7-18(32(28,29)27-20-9-31-10-26-20)15(23)8-17(14)30-16-2-1-12(22)6-13(16)11-3-4-25-19(24)5-11;1-2(3)4/h1-10,27H,(H2,24,25);1H3,(H,3,4). The number of ether oxygens (including phenoxy) is 1. The maximum Gasteiger partial charge on any atom is 0.300 e. The lowest BCUT2D eigenvalue weighted by Gasteiger charge is -2.14. The topological polar surface area (TPSA) is 144 Å². The minimum Gasteiger partial charge on any atom is -0.481 e. The molecule has 4 rings (SSSR count). The number of halogens is 3. The number of nitrogens with one attached hydrogen (secondary N) is 1. The van der Waals surface area contributed by atoms with Gasteiger partial charge in [0, 0.05) is 30.1 Å². The molecule has 0 spiro atoms. The highest BCUT2D eigenvalue weighted by Gasteiger charge is 2.23. The first-order valence-electron chi connectivity index (χ1n) is 9.75. The molecule has 0 aliphatic rings. The van der Waals surface area contributed by atoms with E-state index in [1.54, 1.807) is 6.07 Å². The number of pyridine rings is 1. The average molecular weight is 555 g/mol. The monoisotopic (exact) mass is 554 g/mol. The number of hydrogen-bond acceptors (Lipinski definition) is 8. The number of anilines is 2. The van der Waals surface area contributed by atoms with E-state index in [0.717, 1.165) is 25.1 Å². The molecule has 188 valence electrons. The first-order valence-corrected chi connectivity index (χ1v) is 12.6. The Bertz CT molecular complexity index is 1500. The summed E-state index contributed by atoms with van der Waals surface area (Å²) in [7, 11) is -4.28. The van der Waals surface area contributed by atoms with E-state index < -0.39 is 32.5 Å². The van der Waals surface area contributed by atoms with Crippen molar-refractivity contribution in [3.05, 3.63) is 76.2 Å². The third-order valence-electron chi connectivity index (χ3n) is 4.20. The third-order valence-corrected chi connectivity index (χ3v) is 6.45. The van der Waals surface area contributed by atoms with E-state index in [4.69, 9.17) is 32.0 Å². The van der Waals surface area contributed by atoms with Crippen LogP contribution in [0.5, 0.6) is 11.5 Å². The molecule has 36 heavy (non-hydrogen) atoms. The molecule has 14 heteroatoms. The largest absolute Gasteiger partial charge is 0.481 e. The SMILES string of the molecule is CC(=O)O.Nc1cc(-c2cc(F)ccc2Oc2cc(F)c(S(=O)(=O)Nc3cscn3)cc2Cl)ccn1. The van der Waals surface area contributed by atoms with Crippen LogP contribution < -0.4 is 15.2 Å². The van der Waals surface area contributed by atoms with Crippen molar-refractivity contribution in [3.63, 3.8) is 0 Å².